The van der Waals surface area contributed by atoms with Gasteiger partial charge in [-0.25, -0.2) is 9.18 Å². The lowest BCUT2D eigenvalue weighted by Crippen LogP contribution is -2.41. The number of alkyl halides is 3. The topological polar surface area (TPSA) is 60.9 Å². The summed E-state index contributed by atoms with van der Waals surface area (Å²) in [5.41, 5.74) is 4.21. The third-order valence-corrected chi connectivity index (χ3v) is 6.90. The van der Waals surface area contributed by atoms with Crippen LogP contribution in [0.25, 0.3) is 0 Å². The first-order valence-corrected chi connectivity index (χ1v) is 11.5. The summed E-state index contributed by atoms with van der Waals surface area (Å²) in [6.07, 6.45) is -1.16. The second-order valence-electron chi connectivity index (χ2n) is 9.47. The smallest absolute Gasteiger partial charge is 0.475 e. The lowest BCUT2D eigenvalue weighted by atomic mass is 9.73. The Morgan fingerprint density at radius 1 is 1.06 bits per heavy atom. The molecule has 1 amide bonds. The quantitative estimate of drug-likeness (QED) is 0.611. The van der Waals surface area contributed by atoms with E-state index in [1.54, 1.807) is 17.0 Å². The Balaban J connectivity index is 0.000000429. The predicted octanol–water partition coefficient (Wildman–Crippen LogP) is 4.96. The van der Waals surface area contributed by atoms with Crippen LogP contribution in [0.15, 0.2) is 48.5 Å². The molecule has 0 bridgehead atoms. The van der Waals surface area contributed by atoms with Crippen molar-refractivity contribution in [2.75, 3.05) is 27.2 Å². The number of hydrogen-bond donors (Lipinski definition) is 1. The number of fused-ring (bicyclic) bond motifs is 2. The lowest BCUT2D eigenvalue weighted by molar-refractivity contribution is -0.192. The molecule has 1 spiro atoms. The first-order valence-electron chi connectivity index (χ1n) is 11.5. The normalized spacial score (nSPS) is 19.0. The fourth-order valence-electron chi connectivity index (χ4n) is 5.06. The van der Waals surface area contributed by atoms with Gasteiger partial charge in [0.1, 0.15) is 5.82 Å². The van der Waals surface area contributed by atoms with E-state index in [1.165, 1.54) is 16.7 Å². The molecule has 190 valence electrons. The van der Waals surface area contributed by atoms with Crippen molar-refractivity contribution in [3.63, 3.8) is 0 Å². The van der Waals surface area contributed by atoms with E-state index in [0.29, 0.717) is 12.3 Å². The van der Waals surface area contributed by atoms with Crippen LogP contribution in [0.5, 0.6) is 0 Å². The van der Waals surface area contributed by atoms with Crippen LogP contribution in [-0.2, 0) is 21.5 Å². The number of amides is 1. The Kier molecular flexibility index (Phi) is 8.20. The van der Waals surface area contributed by atoms with Gasteiger partial charge >= 0.3 is 12.1 Å². The first kappa shape index (κ1) is 26.7. The van der Waals surface area contributed by atoms with Gasteiger partial charge in [-0.2, -0.15) is 13.2 Å². The molecular weight excluding hydrogens is 464 g/mol. The molecule has 1 aliphatic heterocycles. The Hall–Kier alpha value is -2.94. The van der Waals surface area contributed by atoms with Crippen molar-refractivity contribution in [2.45, 2.75) is 49.7 Å². The largest absolute Gasteiger partial charge is 0.490 e. The van der Waals surface area contributed by atoms with Crippen LogP contribution in [0.2, 0.25) is 0 Å². The van der Waals surface area contributed by atoms with Crippen molar-refractivity contribution in [1.29, 1.82) is 0 Å². The van der Waals surface area contributed by atoms with Gasteiger partial charge in [0.15, 0.2) is 0 Å². The van der Waals surface area contributed by atoms with E-state index >= 15 is 0 Å². The molecule has 1 unspecified atom stereocenters. The van der Waals surface area contributed by atoms with E-state index in [0.717, 1.165) is 38.9 Å². The summed E-state index contributed by atoms with van der Waals surface area (Å²) >= 11 is 0. The molecule has 35 heavy (non-hydrogen) atoms. The number of nitrogens with zero attached hydrogens (tertiary/aromatic N) is 2. The molecule has 2 aliphatic rings. The number of aliphatic carboxylic acids is 1. The second-order valence-corrected chi connectivity index (χ2v) is 9.47. The Bertz CT molecular complexity index is 1030. The monoisotopic (exact) mass is 494 g/mol. The maximum absolute atomic E-state index is 13.1. The minimum absolute atomic E-state index is 0.178. The van der Waals surface area contributed by atoms with Gasteiger partial charge < -0.3 is 10.0 Å². The maximum atomic E-state index is 13.1. The van der Waals surface area contributed by atoms with Gasteiger partial charge in [-0.3, -0.25) is 9.69 Å². The SMILES string of the molecule is CN(C)C(=O)CC1CC2(CCN(Cc3ccc(F)cc3)CC2)c2ccccc21.O=C(O)C(F)(F)F. The number of hydrogen-bond acceptors (Lipinski definition) is 3. The van der Waals surface area contributed by atoms with Crippen molar-refractivity contribution in [2.24, 2.45) is 0 Å². The van der Waals surface area contributed by atoms with Crippen LogP contribution in [0.1, 0.15) is 48.3 Å². The molecule has 1 atom stereocenters. The third kappa shape index (κ3) is 6.60. The van der Waals surface area contributed by atoms with E-state index in [2.05, 4.69) is 29.2 Å². The van der Waals surface area contributed by atoms with Crippen molar-refractivity contribution < 1.29 is 32.3 Å². The zero-order valence-corrected chi connectivity index (χ0v) is 19.8. The number of carbonyl (C=O) groups excluding carboxylic acids is 1. The molecule has 0 saturated carbocycles. The predicted molar refractivity (Wildman–Crippen MR) is 123 cm³/mol. The minimum atomic E-state index is -5.08. The van der Waals surface area contributed by atoms with Crippen LogP contribution in [0.4, 0.5) is 17.6 Å². The molecule has 1 aliphatic carbocycles. The van der Waals surface area contributed by atoms with E-state index in [4.69, 9.17) is 9.90 Å². The van der Waals surface area contributed by atoms with Gasteiger partial charge in [0, 0.05) is 27.1 Å². The molecule has 0 aromatic heterocycles. The summed E-state index contributed by atoms with van der Waals surface area (Å²) in [6.45, 7) is 2.96. The van der Waals surface area contributed by atoms with E-state index < -0.39 is 12.1 Å². The Morgan fingerprint density at radius 2 is 1.63 bits per heavy atom. The zero-order valence-electron chi connectivity index (χ0n) is 19.8. The van der Waals surface area contributed by atoms with Gasteiger partial charge in [0.05, 0.1) is 0 Å². The molecule has 1 saturated heterocycles. The summed E-state index contributed by atoms with van der Waals surface area (Å²) in [4.78, 5) is 25.4. The molecule has 9 heteroatoms. The average Bonchev–Trinajstić information content (AvgIpc) is 3.10. The summed E-state index contributed by atoms with van der Waals surface area (Å²) < 4.78 is 44.9. The third-order valence-electron chi connectivity index (χ3n) is 6.90. The molecule has 1 heterocycles. The number of piperidine rings is 1. The molecule has 0 radical (unpaired) electrons. The first-order chi connectivity index (χ1) is 16.4. The molecule has 4 rings (SSSR count). The Morgan fingerprint density at radius 3 is 2.17 bits per heavy atom. The fourth-order valence-corrected chi connectivity index (χ4v) is 5.06. The van der Waals surface area contributed by atoms with Crippen LogP contribution >= 0.6 is 0 Å². The zero-order chi connectivity index (χ0) is 25.8. The number of likely N-dealkylation sites (tertiary alicyclic amines) is 1. The molecule has 1 N–H and O–H groups in total. The average molecular weight is 495 g/mol. The molecular formula is C26H30F4N2O3. The van der Waals surface area contributed by atoms with Gasteiger partial charge in [0.2, 0.25) is 5.91 Å². The number of carboxylic acids is 1. The number of benzene rings is 2. The van der Waals surface area contributed by atoms with Crippen LogP contribution in [0, 0.1) is 5.82 Å². The lowest BCUT2D eigenvalue weighted by Gasteiger charge is -2.40. The fraction of sp³-hybridized carbons (Fsp3) is 0.462. The van der Waals surface area contributed by atoms with Gasteiger partial charge in [0.25, 0.3) is 0 Å². The number of halogens is 4. The van der Waals surface area contributed by atoms with Gasteiger partial charge in [-0.1, -0.05) is 36.4 Å². The highest BCUT2D eigenvalue weighted by atomic mass is 19.4. The molecule has 2 aromatic carbocycles. The molecule has 2 aromatic rings. The second kappa shape index (κ2) is 10.8. The van der Waals surface area contributed by atoms with Crippen molar-refractivity contribution >= 4 is 11.9 Å². The van der Waals surface area contributed by atoms with E-state index in [-0.39, 0.29) is 17.1 Å². The highest BCUT2D eigenvalue weighted by Gasteiger charge is 2.45. The van der Waals surface area contributed by atoms with Gasteiger partial charge in [-0.15, -0.1) is 0 Å². The summed E-state index contributed by atoms with van der Waals surface area (Å²) in [7, 11) is 3.68. The minimum Gasteiger partial charge on any atom is -0.475 e. The summed E-state index contributed by atoms with van der Waals surface area (Å²) in [5.74, 6) is -2.39. The highest BCUT2D eigenvalue weighted by Crippen LogP contribution is 2.52. The number of carbonyl (C=O) groups is 2. The number of carboxylic acid groups (broad SMARTS) is 1. The highest BCUT2D eigenvalue weighted by molar-refractivity contribution is 5.77. The van der Waals surface area contributed by atoms with E-state index in [1.807, 2.05) is 26.2 Å². The Labute approximate surface area is 202 Å². The molecule has 1 fully saturated rings. The molecule has 5 nitrogen and oxygen atoms in total. The van der Waals surface area contributed by atoms with Gasteiger partial charge in [-0.05, 0) is 72.5 Å². The van der Waals surface area contributed by atoms with Crippen LogP contribution in [0.3, 0.4) is 0 Å². The summed E-state index contributed by atoms with van der Waals surface area (Å²) in [6, 6.07) is 15.6. The van der Waals surface area contributed by atoms with Crippen LogP contribution < -0.4 is 0 Å². The van der Waals surface area contributed by atoms with E-state index in [9.17, 15) is 22.4 Å². The standard InChI is InChI=1S/C24H29FN2O.C2HF3O2/c1-26(2)23(28)15-19-16-24(22-6-4-3-5-21(19)22)11-13-27(14-12-24)17-18-7-9-20(25)10-8-18;3-2(4,5)1(6)7/h3-10,19H,11-17H2,1-2H3;(H,6,7). The van der Waals surface area contributed by atoms with Crippen molar-refractivity contribution in [3.05, 3.63) is 71.0 Å². The summed E-state index contributed by atoms with van der Waals surface area (Å²) in [5, 5.41) is 7.12. The maximum Gasteiger partial charge on any atom is 0.490 e. The van der Waals surface area contributed by atoms with Crippen molar-refractivity contribution in [3.8, 4) is 0 Å². The van der Waals surface area contributed by atoms with Crippen LogP contribution in [-0.4, -0.2) is 60.1 Å². The number of rotatable bonds is 4. The van der Waals surface area contributed by atoms with Crippen molar-refractivity contribution in [1.82, 2.24) is 9.80 Å².